The molecule has 1 aromatic rings. The lowest BCUT2D eigenvalue weighted by Gasteiger charge is -2.24. The molecule has 94 valence electrons. The van der Waals surface area contributed by atoms with Gasteiger partial charge in [-0.25, -0.2) is 4.98 Å². The molecule has 1 aliphatic rings. The molecule has 0 unspecified atom stereocenters. The number of rotatable bonds is 7. The van der Waals surface area contributed by atoms with Gasteiger partial charge >= 0.3 is 0 Å². The van der Waals surface area contributed by atoms with Crippen LogP contribution in [0.2, 0.25) is 0 Å². The second-order valence-electron chi connectivity index (χ2n) is 4.68. The first kappa shape index (κ1) is 12.4. The van der Waals surface area contributed by atoms with E-state index in [-0.39, 0.29) is 0 Å². The Morgan fingerprint density at radius 1 is 1.41 bits per heavy atom. The summed E-state index contributed by atoms with van der Waals surface area (Å²) in [6, 6.07) is 5.98. The van der Waals surface area contributed by atoms with E-state index in [0.717, 1.165) is 37.2 Å². The molecule has 0 spiro atoms. The van der Waals surface area contributed by atoms with Crippen molar-refractivity contribution in [1.82, 2.24) is 10.3 Å². The number of hydrogen-bond acceptors (Lipinski definition) is 3. The van der Waals surface area contributed by atoms with E-state index in [1.54, 1.807) is 0 Å². The molecule has 1 heterocycles. The van der Waals surface area contributed by atoms with Gasteiger partial charge in [0.25, 0.3) is 0 Å². The summed E-state index contributed by atoms with van der Waals surface area (Å²) in [7, 11) is 0. The Hall–Kier alpha value is -1.09. The Bertz CT molecular complexity index is 337. The fourth-order valence-electron chi connectivity index (χ4n) is 2.00. The molecule has 1 N–H and O–H groups in total. The zero-order chi connectivity index (χ0) is 11.9. The fourth-order valence-corrected chi connectivity index (χ4v) is 2.00. The third-order valence-electron chi connectivity index (χ3n) is 3.34. The normalized spacial score (nSPS) is 15.6. The highest BCUT2D eigenvalue weighted by atomic mass is 16.5. The Morgan fingerprint density at radius 2 is 2.29 bits per heavy atom. The summed E-state index contributed by atoms with van der Waals surface area (Å²) < 4.78 is 5.69. The number of ether oxygens (including phenoxy) is 1. The van der Waals surface area contributed by atoms with Crippen LogP contribution in [0.3, 0.4) is 0 Å². The standard InChI is InChI=1S/C14H22N2O/c1-2-15-11-13-7-4-8-14(16-13)17-10-9-12-5-3-6-12/h4,7-8,12,15H,2-3,5-6,9-11H2,1H3. The van der Waals surface area contributed by atoms with Crippen molar-refractivity contribution in [2.45, 2.75) is 39.2 Å². The summed E-state index contributed by atoms with van der Waals surface area (Å²) in [5.41, 5.74) is 1.05. The van der Waals surface area contributed by atoms with Crippen molar-refractivity contribution in [1.29, 1.82) is 0 Å². The third kappa shape index (κ3) is 4.00. The van der Waals surface area contributed by atoms with Crippen LogP contribution in [-0.2, 0) is 6.54 Å². The van der Waals surface area contributed by atoms with Gasteiger partial charge in [-0.2, -0.15) is 0 Å². The Morgan fingerprint density at radius 3 is 3.00 bits per heavy atom. The van der Waals surface area contributed by atoms with Crippen LogP contribution in [0.15, 0.2) is 18.2 Å². The van der Waals surface area contributed by atoms with Crippen LogP contribution >= 0.6 is 0 Å². The number of pyridine rings is 1. The zero-order valence-electron chi connectivity index (χ0n) is 10.6. The lowest BCUT2D eigenvalue weighted by atomic mass is 9.83. The van der Waals surface area contributed by atoms with E-state index in [0.29, 0.717) is 0 Å². The molecule has 1 fully saturated rings. The lowest BCUT2D eigenvalue weighted by molar-refractivity contribution is 0.217. The van der Waals surface area contributed by atoms with Gasteiger partial charge < -0.3 is 10.1 Å². The highest BCUT2D eigenvalue weighted by molar-refractivity contribution is 5.15. The minimum absolute atomic E-state index is 0.764. The minimum atomic E-state index is 0.764. The maximum atomic E-state index is 5.69. The molecule has 0 bridgehead atoms. The van der Waals surface area contributed by atoms with Gasteiger partial charge in [0.05, 0.1) is 12.3 Å². The van der Waals surface area contributed by atoms with Crippen LogP contribution in [0.1, 0.15) is 38.3 Å². The summed E-state index contributed by atoms with van der Waals surface area (Å²) in [5.74, 6) is 1.67. The SMILES string of the molecule is CCNCc1cccc(OCCC2CCC2)n1. The first-order valence-electron chi connectivity index (χ1n) is 6.68. The summed E-state index contributed by atoms with van der Waals surface area (Å²) in [4.78, 5) is 4.47. The smallest absolute Gasteiger partial charge is 0.213 e. The van der Waals surface area contributed by atoms with Crippen molar-refractivity contribution in [3.05, 3.63) is 23.9 Å². The van der Waals surface area contributed by atoms with Crippen LogP contribution < -0.4 is 10.1 Å². The maximum Gasteiger partial charge on any atom is 0.213 e. The van der Waals surface area contributed by atoms with Crippen LogP contribution in [0.4, 0.5) is 0 Å². The van der Waals surface area contributed by atoms with E-state index >= 15 is 0 Å². The van der Waals surface area contributed by atoms with Crippen molar-refractivity contribution in [2.24, 2.45) is 5.92 Å². The monoisotopic (exact) mass is 234 g/mol. The van der Waals surface area contributed by atoms with Crippen molar-refractivity contribution < 1.29 is 4.74 Å². The average molecular weight is 234 g/mol. The predicted molar refractivity (Wildman–Crippen MR) is 69.1 cm³/mol. The zero-order valence-corrected chi connectivity index (χ0v) is 10.6. The van der Waals surface area contributed by atoms with Gasteiger partial charge in [-0.05, 0) is 24.9 Å². The molecule has 2 rings (SSSR count). The molecule has 0 radical (unpaired) electrons. The van der Waals surface area contributed by atoms with Gasteiger partial charge in [0, 0.05) is 12.6 Å². The van der Waals surface area contributed by atoms with Crippen LogP contribution in [0.25, 0.3) is 0 Å². The van der Waals surface area contributed by atoms with Gasteiger partial charge in [-0.15, -0.1) is 0 Å². The van der Waals surface area contributed by atoms with E-state index in [9.17, 15) is 0 Å². The number of nitrogens with zero attached hydrogens (tertiary/aromatic N) is 1. The second kappa shape index (κ2) is 6.60. The topological polar surface area (TPSA) is 34.1 Å². The number of nitrogens with one attached hydrogen (secondary N) is 1. The molecule has 17 heavy (non-hydrogen) atoms. The van der Waals surface area contributed by atoms with Crippen LogP contribution in [-0.4, -0.2) is 18.1 Å². The van der Waals surface area contributed by atoms with E-state index in [4.69, 9.17) is 4.74 Å². The summed E-state index contributed by atoms with van der Waals surface area (Å²) in [6.07, 6.45) is 5.36. The van der Waals surface area contributed by atoms with Crippen molar-refractivity contribution in [2.75, 3.05) is 13.2 Å². The largest absolute Gasteiger partial charge is 0.478 e. The Balaban J connectivity index is 1.74. The first-order valence-corrected chi connectivity index (χ1v) is 6.68. The minimum Gasteiger partial charge on any atom is -0.478 e. The lowest BCUT2D eigenvalue weighted by Crippen LogP contribution is -2.15. The van der Waals surface area contributed by atoms with Crippen LogP contribution in [0, 0.1) is 5.92 Å². The van der Waals surface area contributed by atoms with E-state index in [1.807, 2.05) is 18.2 Å². The van der Waals surface area contributed by atoms with Crippen LogP contribution in [0.5, 0.6) is 5.88 Å². The summed E-state index contributed by atoms with van der Waals surface area (Å²) in [6.45, 7) is 4.69. The van der Waals surface area contributed by atoms with Crippen molar-refractivity contribution in [3.8, 4) is 5.88 Å². The quantitative estimate of drug-likeness (QED) is 0.787. The molecule has 3 heteroatoms. The van der Waals surface area contributed by atoms with Crippen molar-refractivity contribution in [3.63, 3.8) is 0 Å². The van der Waals surface area contributed by atoms with Gasteiger partial charge in [-0.3, -0.25) is 0 Å². The summed E-state index contributed by atoms with van der Waals surface area (Å²) in [5, 5.41) is 3.27. The summed E-state index contributed by atoms with van der Waals surface area (Å²) >= 11 is 0. The van der Waals surface area contributed by atoms with E-state index < -0.39 is 0 Å². The highest BCUT2D eigenvalue weighted by Crippen LogP contribution is 2.29. The molecule has 0 amide bonds. The molecule has 3 nitrogen and oxygen atoms in total. The molecule has 0 saturated heterocycles. The number of aromatic nitrogens is 1. The Labute approximate surface area is 104 Å². The maximum absolute atomic E-state index is 5.69. The molecular weight excluding hydrogens is 212 g/mol. The molecule has 0 atom stereocenters. The second-order valence-corrected chi connectivity index (χ2v) is 4.68. The molecule has 1 aliphatic carbocycles. The average Bonchev–Trinajstić information content (AvgIpc) is 2.30. The predicted octanol–water partition coefficient (Wildman–Crippen LogP) is 2.76. The third-order valence-corrected chi connectivity index (χ3v) is 3.34. The van der Waals surface area contributed by atoms with E-state index in [2.05, 4.69) is 17.2 Å². The molecule has 1 aromatic heterocycles. The van der Waals surface area contributed by atoms with Gasteiger partial charge in [-0.1, -0.05) is 32.3 Å². The highest BCUT2D eigenvalue weighted by Gasteiger charge is 2.16. The molecule has 0 aliphatic heterocycles. The first-order chi connectivity index (χ1) is 8.38. The van der Waals surface area contributed by atoms with Gasteiger partial charge in [0.2, 0.25) is 5.88 Å². The van der Waals surface area contributed by atoms with E-state index in [1.165, 1.54) is 25.7 Å². The Kier molecular flexibility index (Phi) is 4.80. The van der Waals surface area contributed by atoms with Gasteiger partial charge in [0.15, 0.2) is 0 Å². The molecule has 0 aromatic carbocycles. The molecule has 1 saturated carbocycles. The molecular formula is C14H22N2O. The van der Waals surface area contributed by atoms with Gasteiger partial charge in [0.1, 0.15) is 0 Å². The van der Waals surface area contributed by atoms with Crippen molar-refractivity contribution >= 4 is 0 Å². The fraction of sp³-hybridized carbons (Fsp3) is 0.643. The number of hydrogen-bond donors (Lipinski definition) is 1.